The molecular formula is C16H18FN5O. The van der Waals surface area contributed by atoms with E-state index in [0.29, 0.717) is 30.9 Å². The summed E-state index contributed by atoms with van der Waals surface area (Å²) in [6.07, 6.45) is 2.23. The number of hydrogen-bond acceptors (Lipinski definition) is 5. The zero-order valence-corrected chi connectivity index (χ0v) is 13.1. The van der Waals surface area contributed by atoms with Crippen LogP contribution in [0.4, 0.5) is 10.1 Å². The number of nitrogens with zero attached hydrogens (tertiary/aromatic N) is 5. The van der Waals surface area contributed by atoms with Gasteiger partial charge in [-0.2, -0.15) is 5.26 Å². The van der Waals surface area contributed by atoms with Gasteiger partial charge in [-0.15, -0.1) is 5.10 Å². The van der Waals surface area contributed by atoms with Gasteiger partial charge in [0.15, 0.2) is 0 Å². The lowest BCUT2D eigenvalue weighted by atomic mass is 10.00. The van der Waals surface area contributed by atoms with E-state index in [-0.39, 0.29) is 11.6 Å². The van der Waals surface area contributed by atoms with E-state index in [4.69, 9.17) is 0 Å². The van der Waals surface area contributed by atoms with Crippen molar-refractivity contribution in [1.29, 1.82) is 5.26 Å². The Morgan fingerprint density at radius 3 is 2.87 bits per heavy atom. The van der Waals surface area contributed by atoms with Crippen molar-refractivity contribution in [3.05, 3.63) is 41.5 Å². The average molecular weight is 315 g/mol. The first kappa shape index (κ1) is 15.4. The van der Waals surface area contributed by atoms with Gasteiger partial charge in [-0.1, -0.05) is 5.21 Å². The van der Waals surface area contributed by atoms with E-state index in [1.807, 2.05) is 24.8 Å². The lowest BCUT2D eigenvalue weighted by molar-refractivity contribution is 0.0559. The van der Waals surface area contributed by atoms with Gasteiger partial charge >= 0.3 is 0 Å². The van der Waals surface area contributed by atoms with Crippen molar-refractivity contribution in [3.8, 4) is 6.07 Å². The summed E-state index contributed by atoms with van der Waals surface area (Å²) in [6.45, 7) is 4.83. The quantitative estimate of drug-likeness (QED) is 0.937. The predicted octanol–water partition coefficient (Wildman–Crippen LogP) is 1.97. The highest BCUT2D eigenvalue weighted by Gasteiger charge is 2.40. The zero-order chi connectivity index (χ0) is 16.6. The van der Waals surface area contributed by atoms with E-state index < -0.39 is 11.4 Å². The molecule has 0 bridgehead atoms. The van der Waals surface area contributed by atoms with E-state index in [1.165, 1.54) is 12.1 Å². The summed E-state index contributed by atoms with van der Waals surface area (Å²) in [5.74, 6) is -0.445. The lowest BCUT2D eigenvalue weighted by Gasteiger charge is -2.23. The number of rotatable bonds is 3. The van der Waals surface area contributed by atoms with Crippen LogP contribution in [0.25, 0.3) is 0 Å². The van der Waals surface area contributed by atoms with Gasteiger partial charge in [-0.3, -0.25) is 0 Å². The van der Waals surface area contributed by atoms with Crippen molar-refractivity contribution in [1.82, 2.24) is 15.0 Å². The van der Waals surface area contributed by atoms with Crippen molar-refractivity contribution in [2.45, 2.75) is 31.9 Å². The van der Waals surface area contributed by atoms with Crippen LogP contribution >= 0.6 is 0 Å². The van der Waals surface area contributed by atoms with Crippen molar-refractivity contribution in [2.75, 3.05) is 18.0 Å². The van der Waals surface area contributed by atoms with Crippen LogP contribution in [0.5, 0.6) is 0 Å². The summed E-state index contributed by atoms with van der Waals surface area (Å²) in [4.78, 5) is 1.88. The van der Waals surface area contributed by atoms with Crippen LogP contribution < -0.4 is 4.90 Å². The number of hydrogen-bond donors (Lipinski definition) is 1. The Bertz CT molecular complexity index is 766. The monoisotopic (exact) mass is 315 g/mol. The molecule has 0 saturated carbocycles. The van der Waals surface area contributed by atoms with Crippen molar-refractivity contribution >= 4 is 5.69 Å². The van der Waals surface area contributed by atoms with E-state index in [2.05, 4.69) is 10.3 Å². The Balaban J connectivity index is 1.86. The maximum Gasteiger partial charge on any atom is 0.129 e. The second-order valence-electron chi connectivity index (χ2n) is 6.15. The standard InChI is InChI=1S/C16H18FN5O/c1-11(2)22-9-15(19-20-22)16(23)5-6-21(10-16)14-4-3-13(17)7-12(14)8-18/h3-4,7,9,11,23H,5-6,10H2,1-2H3. The van der Waals surface area contributed by atoms with Gasteiger partial charge in [0.05, 0.1) is 24.0 Å². The number of β-amino-alcohol motifs (C(OH)–C–C–N with tert-alkyl or cyclic N) is 1. The number of halogens is 1. The number of nitriles is 1. The average Bonchev–Trinajstić information content (AvgIpc) is 3.15. The van der Waals surface area contributed by atoms with E-state index in [1.54, 1.807) is 16.9 Å². The first-order chi connectivity index (χ1) is 10.9. The Morgan fingerprint density at radius 1 is 1.43 bits per heavy atom. The molecule has 1 aliphatic rings. The molecule has 1 fully saturated rings. The highest BCUT2D eigenvalue weighted by molar-refractivity contribution is 5.60. The molecule has 7 heteroatoms. The fourth-order valence-corrected chi connectivity index (χ4v) is 2.82. The van der Waals surface area contributed by atoms with E-state index in [9.17, 15) is 14.8 Å². The molecule has 1 saturated heterocycles. The second kappa shape index (κ2) is 5.63. The summed E-state index contributed by atoms with van der Waals surface area (Å²) in [6, 6.07) is 6.28. The predicted molar refractivity (Wildman–Crippen MR) is 82.2 cm³/mol. The molecule has 3 rings (SSSR count). The molecule has 1 aromatic carbocycles. The van der Waals surface area contributed by atoms with Crippen molar-refractivity contribution < 1.29 is 9.50 Å². The molecule has 6 nitrogen and oxygen atoms in total. The SMILES string of the molecule is CC(C)n1cc(C2(O)CCN(c3ccc(F)cc3C#N)C2)nn1. The van der Waals surface area contributed by atoms with Crippen LogP contribution in [0.2, 0.25) is 0 Å². The fourth-order valence-electron chi connectivity index (χ4n) is 2.82. The van der Waals surface area contributed by atoms with E-state index in [0.717, 1.165) is 0 Å². The topological polar surface area (TPSA) is 78.0 Å². The van der Waals surface area contributed by atoms with Gasteiger partial charge in [0.1, 0.15) is 23.2 Å². The Labute approximate surface area is 133 Å². The smallest absolute Gasteiger partial charge is 0.129 e. The molecule has 120 valence electrons. The van der Waals surface area contributed by atoms with Gasteiger partial charge in [0.2, 0.25) is 0 Å². The molecule has 0 amide bonds. The summed E-state index contributed by atoms with van der Waals surface area (Å²) in [5.41, 5.74) is 0.296. The molecular weight excluding hydrogens is 297 g/mol. The van der Waals surface area contributed by atoms with Crippen LogP contribution in [0, 0.1) is 17.1 Å². The lowest BCUT2D eigenvalue weighted by Crippen LogP contribution is -2.31. The highest BCUT2D eigenvalue weighted by atomic mass is 19.1. The summed E-state index contributed by atoms with van der Waals surface area (Å²) in [5, 5.41) is 28.2. The van der Waals surface area contributed by atoms with E-state index >= 15 is 0 Å². The largest absolute Gasteiger partial charge is 0.381 e. The third-order valence-corrected chi connectivity index (χ3v) is 4.18. The molecule has 1 N–H and O–H groups in total. The minimum absolute atomic E-state index is 0.166. The third-order valence-electron chi connectivity index (χ3n) is 4.18. The molecule has 1 atom stereocenters. The molecule has 0 aliphatic carbocycles. The summed E-state index contributed by atoms with van der Waals surface area (Å²) >= 11 is 0. The Morgan fingerprint density at radius 2 is 2.22 bits per heavy atom. The fraction of sp³-hybridized carbons (Fsp3) is 0.438. The number of anilines is 1. The van der Waals surface area contributed by atoms with Gasteiger partial charge in [-0.25, -0.2) is 9.07 Å². The third kappa shape index (κ3) is 2.78. The molecule has 1 unspecified atom stereocenters. The second-order valence-corrected chi connectivity index (χ2v) is 6.15. The number of aliphatic hydroxyl groups is 1. The molecule has 2 aromatic rings. The maximum atomic E-state index is 13.3. The minimum Gasteiger partial charge on any atom is -0.381 e. The summed E-state index contributed by atoms with van der Waals surface area (Å²) in [7, 11) is 0. The van der Waals surface area contributed by atoms with Crippen LogP contribution in [0.3, 0.4) is 0 Å². The van der Waals surface area contributed by atoms with Crippen molar-refractivity contribution in [2.24, 2.45) is 0 Å². The Hall–Kier alpha value is -2.46. The molecule has 0 radical (unpaired) electrons. The summed E-state index contributed by atoms with van der Waals surface area (Å²) < 4.78 is 15.0. The molecule has 1 aromatic heterocycles. The van der Waals surface area contributed by atoms with Gasteiger partial charge in [0.25, 0.3) is 0 Å². The first-order valence-corrected chi connectivity index (χ1v) is 7.52. The highest BCUT2D eigenvalue weighted by Crippen LogP contribution is 2.35. The van der Waals surface area contributed by atoms with Crippen LogP contribution in [-0.4, -0.2) is 33.2 Å². The van der Waals surface area contributed by atoms with Gasteiger partial charge < -0.3 is 10.0 Å². The Kier molecular flexibility index (Phi) is 3.78. The van der Waals surface area contributed by atoms with Crippen LogP contribution in [-0.2, 0) is 5.60 Å². The molecule has 23 heavy (non-hydrogen) atoms. The molecule has 2 heterocycles. The minimum atomic E-state index is -1.12. The first-order valence-electron chi connectivity index (χ1n) is 7.52. The van der Waals surface area contributed by atoms with Gasteiger partial charge in [0, 0.05) is 19.0 Å². The number of benzene rings is 1. The zero-order valence-electron chi connectivity index (χ0n) is 13.1. The normalized spacial score (nSPS) is 21.0. The molecule has 0 spiro atoms. The van der Waals surface area contributed by atoms with Crippen LogP contribution in [0.15, 0.2) is 24.4 Å². The van der Waals surface area contributed by atoms with Crippen molar-refractivity contribution in [3.63, 3.8) is 0 Å². The van der Waals surface area contributed by atoms with Gasteiger partial charge in [-0.05, 0) is 32.0 Å². The van der Waals surface area contributed by atoms with Crippen LogP contribution in [0.1, 0.15) is 37.6 Å². The maximum absolute atomic E-state index is 13.3. The molecule has 1 aliphatic heterocycles. The number of aromatic nitrogens is 3.